The predicted octanol–water partition coefficient (Wildman–Crippen LogP) is 9.42. The van der Waals surface area contributed by atoms with Crippen molar-refractivity contribution >= 4 is 62.6 Å². The maximum Gasteiger partial charge on any atom is 0.335 e. The minimum Gasteiger partial charge on any atom is -0.494 e. The van der Waals surface area contributed by atoms with E-state index in [4.69, 9.17) is 33.0 Å². The zero-order chi connectivity index (χ0) is 39.7. The molecule has 12 heteroatoms. The number of carbonyl (C=O) groups excluding carboxylic acids is 1. The second-order valence-electron chi connectivity index (χ2n) is 15.9. The van der Waals surface area contributed by atoms with Crippen LogP contribution in [0.2, 0.25) is 10.0 Å². The van der Waals surface area contributed by atoms with Crippen LogP contribution in [0, 0.1) is 33.6 Å². The van der Waals surface area contributed by atoms with Crippen molar-refractivity contribution in [1.82, 2.24) is 23.8 Å². The van der Waals surface area contributed by atoms with Crippen molar-refractivity contribution in [2.75, 3.05) is 38.2 Å². The number of benzene rings is 3. The number of carbonyl (C=O) groups is 2. The number of anilines is 1. The molecule has 1 saturated heterocycles. The van der Waals surface area contributed by atoms with Gasteiger partial charge >= 0.3 is 5.97 Å². The first-order valence-electron chi connectivity index (χ1n) is 19.3. The number of fused-ring (bicyclic) bond motifs is 4. The van der Waals surface area contributed by atoms with Gasteiger partial charge in [0.05, 0.1) is 39.6 Å². The molecule has 10 nitrogen and oxygen atoms in total. The SMILES string of the molecule is Cc1cc(OCCCc2c3n(c4c(-c5c(C)nn(C)c5C)c(Cl)ccc24)[C@H](C)CN(c2cn(CC4CCN(C)C4)c4ccc(C(=O)O)cc24)C3=O)cc(C)c1Cl. The van der Waals surface area contributed by atoms with Crippen LogP contribution in [0.3, 0.4) is 0 Å². The molecule has 3 aromatic carbocycles. The van der Waals surface area contributed by atoms with E-state index in [0.29, 0.717) is 42.6 Å². The topological polar surface area (TPSA) is 97.8 Å². The molecular weight excluding hydrogens is 747 g/mol. The van der Waals surface area contributed by atoms with Crippen molar-refractivity contribution in [3.8, 4) is 16.9 Å². The Morgan fingerprint density at radius 1 is 0.982 bits per heavy atom. The van der Waals surface area contributed by atoms with Gasteiger partial charge in [0.25, 0.3) is 5.91 Å². The minimum atomic E-state index is -1.000. The number of hydrogen-bond acceptors (Lipinski definition) is 5. The molecule has 0 aliphatic carbocycles. The Bertz CT molecular complexity index is 2540. The smallest absolute Gasteiger partial charge is 0.335 e. The molecule has 292 valence electrons. The van der Waals surface area contributed by atoms with E-state index in [9.17, 15) is 9.90 Å². The fourth-order valence-electron chi connectivity index (χ4n) is 9.17. The van der Waals surface area contributed by atoms with Gasteiger partial charge in [0.1, 0.15) is 11.4 Å². The molecule has 1 unspecified atom stereocenters. The first-order valence-corrected chi connectivity index (χ1v) is 20.1. The number of amides is 1. The number of hydrogen-bond donors (Lipinski definition) is 1. The van der Waals surface area contributed by atoms with Crippen LogP contribution >= 0.6 is 23.2 Å². The molecule has 1 N–H and O–H groups in total. The number of rotatable bonds is 10. The summed E-state index contributed by atoms with van der Waals surface area (Å²) in [6.45, 7) is 13.8. The van der Waals surface area contributed by atoms with E-state index in [2.05, 4.69) is 34.2 Å². The standard InChI is InChI=1S/C44H48Cl2N6O4/c1-24-17-31(18-25(2)40(24)46)56-16-8-9-32-33-11-12-35(45)39(38-27(4)47-49(7)28(38)5)41(33)52-26(3)20-51(43(53)42(32)52)37-23-50(22-29-14-15-48(6)21-29)36-13-10-30(44(54)55)19-34(36)37/h10-13,17-19,23,26,29H,8-9,14-16,20-22H2,1-7H3,(H,54,55)/t26-,29?/m1/s1. The molecule has 0 saturated carbocycles. The summed E-state index contributed by atoms with van der Waals surface area (Å²) in [4.78, 5) is 31.8. The van der Waals surface area contributed by atoms with Gasteiger partial charge in [-0.3, -0.25) is 9.48 Å². The highest BCUT2D eigenvalue weighted by atomic mass is 35.5. The number of aromatic nitrogens is 4. The van der Waals surface area contributed by atoms with Crippen LogP contribution in [0.15, 0.2) is 48.7 Å². The van der Waals surface area contributed by atoms with Crippen molar-refractivity contribution < 1.29 is 19.4 Å². The zero-order valence-electron chi connectivity index (χ0n) is 33.0. The summed E-state index contributed by atoms with van der Waals surface area (Å²) in [6, 6.07) is 13.0. The van der Waals surface area contributed by atoms with Crippen LogP contribution < -0.4 is 9.64 Å². The number of aryl methyl sites for hydroxylation is 5. The molecule has 2 aliphatic rings. The Kier molecular flexibility index (Phi) is 9.96. The lowest BCUT2D eigenvalue weighted by Gasteiger charge is -2.34. The quantitative estimate of drug-likeness (QED) is 0.139. The van der Waals surface area contributed by atoms with Crippen molar-refractivity contribution in [3.05, 3.63) is 98.0 Å². The molecule has 0 radical (unpaired) electrons. The van der Waals surface area contributed by atoms with Gasteiger partial charge < -0.3 is 28.8 Å². The highest BCUT2D eigenvalue weighted by molar-refractivity contribution is 6.35. The number of carboxylic acids is 1. The summed E-state index contributed by atoms with van der Waals surface area (Å²) < 4.78 is 12.5. The Morgan fingerprint density at radius 2 is 1.73 bits per heavy atom. The largest absolute Gasteiger partial charge is 0.494 e. The highest BCUT2D eigenvalue weighted by Gasteiger charge is 2.38. The van der Waals surface area contributed by atoms with Crippen LogP contribution in [0.1, 0.15) is 74.7 Å². The third kappa shape index (κ3) is 6.45. The number of likely N-dealkylation sites (tertiary alicyclic amines) is 1. The van der Waals surface area contributed by atoms with Gasteiger partial charge in [0.15, 0.2) is 0 Å². The van der Waals surface area contributed by atoms with Gasteiger partial charge in [-0.25, -0.2) is 4.79 Å². The second-order valence-corrected chi connectivity index (χ2v) is 16.7. The Labute approximate surface area is 337 Å². The molecule has 1 fully saturated rings. The third-order valence-corrected chi connectivity index (χ3v) is 12.8. The van der Waals surface area contributed by atoms with E-state index in [1.807, 2.05) is 74.7 Å². The molecule has 0 bridgehead atoms. The van der Waals surface area contributed by atoms with Gasteiger partial charge in [-0.1, -0.05) is 29.3 Å². The number of aromatic carboxylic acids is 1. The normalized spacial score (nSPS) is 17.4. The average molecular weight is 796 g/mol. The van der Waals surface area contributed by atoms with Gasteiger partial charge in [0.2, 0.25) is 0 Å². The average Bonchev–Trinajstić information content (AvgIpc) is 3.89. The lowest BCUT2D eigenvalue weighted by Crippen LogP contribution is -2.42. The van der Waals surface area contributed by atoms with E-state index in [1.165, 1.54) is 0 Å². The van der Waals surface area contributed by atoms with E-state index < -0.39 is 5.97 Å². The lowest BCUT2D eigenvalue weighted by molar-refractivity contribution is 0.0696. The van der Waals surface area contributed by atoms with E-state index >= 15 is 4.79 Å². The molecule has 8 rings (SSSR count). The predicted molar refractivity (Wildman–Crippen MR) is 224 cm³/mol. The summed E-state index contributed by atoms with van der Waals surface area (Å²) in [7, 11) is 4.08. The molecule has 6 aromatic rings. The first kappa shape index (κ1) is 38.1. The van der Waals surface area contributed by atoms with Gasteiger partial charge in [-0.15, -0.1) is 0 Å². The molecule has 2 atom stereocenters. The van der Waals surface area contributed by atoms with Crippen molar-refractivity contribution in [2.45, 2.75) is 66.5 Å². The van der Waals surface area contributed by atoms with Crippen LogP contribution in [0.5, 0.6) is 5.75 Å². The summed E-state index contributed by atoms with van der Waals surface area (Å²) in [5.41, 5.74) is 9.95. The number of nitrogens with zero attached hydrogens (tertiary/aromatic N) is 6. The third-order valence-electron chi connectivity index (χ3n) is 11.9. The summed E-state index contributed by atoms with van der Waals surface area (Å²) >= 11 is 13.6. The molecule has 0 spiro atoms. The Hall–Kier alpha value is -4.77. The molecule has 56 heavy (non-hydrogen) atoms. The van der Waals surface area contributed by atoms with E-state index in [-0.39, 0.29) is 17.5 Å². The zero-order valence-corrected chi connectivity index (χ0v) is 34.6. The van der Waals surface area contributed by atoms with E-state index in [0.717, 1.165) is 104 Å². The maximum atomic E-state index is 15.3. The van der Waals surface area contributed by atoms with E-state index in [1.54, 1.807) is 12.1 Å². The number of carboxylic acid groups (broad SMARTS) is 1. The summed E-state index contributed by atoms with van der Waals surface area (Å²) in [6.07, 6.45) is 4.40. The minimum absolute atomic E-state index is 0.124. The van der Waals surface area contributed by atoms with Gasteiger partial charge in [0, 0.05) is 71.5 Å². The number of ether oxygens (including phenoxy) is 1. The first-order chi connectivity index (χ1) is 26.7. The van der Waals surface area contributed by atoms with Crippen molar-refractivity contribution in [3.63, 3.8) is 0 Å². The van der Waals surface area contributed by atoms with Crippen molar-refractivity contribution in [1.29, 1.82) is 0 Å². The van der Waals surface area contributed by atoms with Crippen LogP contribution in [0.4, 0.5) is 5.69 Å². The molecule has 3 aromatic heterocycles. The second kappa shape index (κ2) is 14.6. The Balaban J connectivity index is 1.26. The lowest BCUT2D eigenvalue weighted by atomic mass is 9.98. The molecular formula is C44H48Cl2N6O4. The highest BCUT2D eigenvalue weighted by Crippen LogP contribution is 2.46. The number of halogens is 2. The molecule has 2 aliphatic heterocycles. The van der Waals surface area contributed by atoms with Crippen LogP contribution in [-0.4, -0.2) is 74.1 Å². The fourth-order valence-corrected chi connectivity index (χ4v) is 9.52. The van der Waals surface area contributed by atoms with Crippen LogP contribution in [-0.2, 0) is 20.0 Å². The van der Waals surface area contributed by atoms with Crippen LogP contribution in [0.25, 0.3) is 32.9 Å². The van der Waals surface area contributed by atoms with Gasteiger partial charge in [-0.2, -0.15) is 5.10 Å². The maximum absolute atomic E-state index is 15.3. The molecule has 1 amide bonds. The molecule has 5 heterocycles. The van der Waals surface area contributed by atoms with Crippen molar-refractivity contribution in [2.24, 2.45) is 13.0 Å². The summed E-state index contributed by atoms with van der Waals surface area (Å²) in [5, 5.41) is 17.8. The monoisotopic (exact) mass is 794 g/mol. The van der Waals surface area contributed by atoms with Gasteiger partial charge in [-0.05, 0) is 126 Å². The fraction of sp³-hybridized carbons (Fsp3) is 0.386. The Morgan fingerprint density at radius 3 is 2.39 bits per heavy atom. The summed E-state index contributed by atoms with van der Waals surface area (Å²) in [5.74, 6) is 0.0989.